The molecule has 3 heterocycles. The number of rotatable bonds is 8. The van der Waals surface area contributed by atoms with Gasteiger partial charge < -0.3 is 20.3 Å². The number of allylic oxidation sites excluding steroid dienone is 1. The van der Waals surface area contributed by atoms with Gasteiger partial charge in [0.25, 0.3) is 5.91 Å². The Morgan fingerprint density at radius 3 is 2.62 bits per heavy atom. The first-order chi connectivity index (χ1) is 18.3. The first-order valence-electron chi connectivity index (χ1n) is 12.3. The van der Waals surface area contributed by atoms with E-state index in [0.717, 1.165) is 11.0 Å². The van der Waals surface area contributed by atoms with Crippen LogP contribution in [0.4, 0.5) is 31.1 Å². The Bertz CT molecular complexity index is 1240. The van der Waals surface area contributed by atoms with Crippen molar-refractivity contribution in [3.8, 4) is 0 Å². The lowest BCUT2D eigenvalue weighted by Crippen LogP contribution is -2.40. The maximum atomic E-state index is 14.0. The second-order valence-electron chi connectivity index (χ2n) is 9.71. The molecule has 2 fully saturated rings. The standard InChI is InChI=1S/C24H28F6N6O3/c1-3-15(25)21(37)34-20(13-4-6-23(26,27)7-5-13)16-10-36-19(32-16)8-14(9-31-36)17(12-39-2)35-11-18(24(28,29)30)33-22(35)38/h3,8-10,13,17-18,20H,4-7,11-12H2,1-2H3,(H,33,38)(H,34,37)/b15-3-/t17-,18+,20+/m1/s1. The monoisotopic (exact) mass is 562 g/mol. The molecule has 2 aliphatic rings. The van der Waals surface area contributed by atoms with Crippen molar-refractivity contribution in [3.63, 3.8) is 0 Å². The molecule has 1 saturated heterocycles. The van der Waals surface area contributed by atoms with Crippen LogP contribution in [0.1, 0.15) is 55.9 Å². The van der Waals surface area contributed by atoms with Crippen LogP contribution in [0.3, 0.4) is 0 Å². The molecular weight excluding hydrogens is 534 g/mol. The Hall–Kier alpha value is -3.36. The smallest absolute Gasteiger partial charge is 0.382 e. The fourth-order valence-corrected chi connectivity index (χ4v) is 4.95. The lowest BCUT2D eigenvalue weighted by Gasteiger charge is -2.33. The van der Waals surface area contributed by atoms with Gasteiger partial charge in [-0.2, -0.15) is 18.3 Å². The predicted octanol–water partition coefficient (Wildman–Crippen LogP) is 4.23. The van der Waals surface area contributed by atoms with E-state index in [9.17, 15) is 35.9 Å². The Balaban J connectivity index is 1.65. The summed E-state index contributed by atoms with van der Waals surface area (Å²) in [5.74, 6) is -5.31. The van der Waals surface area contributed by atoms with E-state index in [-0.39, 0.29) is 43.6 Å². The molecule has 1 aliphatic carbocycles. The minimum absolute atomic E-state index is 0.0717. The van der Waals surface area contributed by atoms with Crippen LogP contribution in [-0.2, 0) is 9.53 Å². The normalized spacial score (nSPS) is 22.2. The molecule has 4 rings (SSSR count). The summed E-state index contributed by atoms with van der Waals surface area (Å²) in [6, 6.07) is -3.25. The van der Waals surface area contributed by atoms with Crippen molar-refractivity contribution in [2.75, 3.05) is 20.3 Å². The Labute approximate surface area is 219 Å². The topological polar surface area (TPSA) is 101 Å². The van der Waals surface area contributed by atoms with Gasteiger partial charge in [-0.15, -0.1) is 0 Å². The zero-order valence-electron chi connectivity index (χ0n) is 21.1. The number of fused-ring (bicyclic) bond motifs is 1. The van der Waals surface area contributed by atoms with Crippen LogP contribution in [0.2, 0.25) is 0 Å². The Morgan fingerprint density at radius 1 is 1.33 bits per heavy atom. The van der Waals surface area contributed by atoms with Crippen molar-refractivity contribution >= 4 is 17.6 Å². The van der Waals surface area contributed by atoms with Gasteiger partial charge in [0.1, 0.15) is 6.04 Å². The number of carbonyl (C=O) groups is 2. The highest BCUT2D eigenvalue weighted by molar-refractivity contribution is 5.91. The van der Waals surface area contributed by atoms with Gasteiger partial charge in [-0.1, -0.05) is 0 Å². The van der Waals surface area contributed by atoms with E-state index in [0.29, 0.717) is 5.56 Å². The molecule has 1 aliphatic heterocycles. The lowest BCUT2D eigenvalue weighted by atomic mass is 9.81. The molecular formula is C24H28F6N6O3. The summed E-state index contributed by atoms with van der Waals surface area (Å²) < 4.78 is 87.7. The number of nitrogens with zero attached hydrogens (tertiary/aromatic N) is 4. The number of nitrogens with one attached hydrogen (secondary N) is 2. The van der Waals surface area contributed by atoms with Crippen molar-refractivity contribution in [1.29, 1.82) is 0 Å². The van der Waals surface area contributed by atoms with Crippen LogP contribution >= 0.6 is 0 Å². The van der Waals surface area contributed by atoms with Gasteiger partial charge in [-0.05, 0) is 37.8 Å². The summed E-state index contributed by atoms with van der Waals surface area (Å²) in [6.07, 6.45) is -1.46. The van der Waals surface area contributed by atoms with Crippen molar-refractivity contribution in [3.05, 3.63) is 41.6 Å². The molecule has 1 saturated carbocycles. The van der Waals surface area contributed by atoms with E-state index in [1.807, 2.05) is 5.32 Å². The van der Waals surface area contributed by atoms with Gasteiger partial charge >= 0.3 is 12.2 Å². The number of amides is 3. The summed E-state index contributed by atoms with van der Waals surface area (Å²) in [4.78, 5) is 30.2. The molecule has 0 aromatic carbocycles. The fourth-order valence-electron chi connectivity index (χ4n) is 4.95. The number of carbonyl (C=O) groups excluding carboxylic acids is 2. The van der Waals surface area contributed by atoms with Crippen LogP contribution < -0.4 is 10.6 Å². The quantitative estimate of drug-likeness (QED) is 0.371. The number of ether oxygens (including phenoxy) is 1. The lowest BCUT2D eigenvalue weighted by molar-refractivity contribution is -0.150. The maximum absolute atomic E-state index is 14.0. The second kappa shape index (κ2) is 11.0. The third kappa shape index (κ3) is 6.28. The number of hydrogen-bond donors (Lipinski definition) is 2. The van der Waals surface area contributed by atoms with Gasteiger partial charge in [0, 0.05) is 25.5 Å². The summed E-state index contributed by atoms with van der Waals surface area (Å²) in [5.41, 5.74) is 0.825. The van der Waals surface area contributed by atoms with Crippen LogP contribution in [0.5, 0.6) is 0 Å². The van der Waals surface area contributed by atoms with Gasteiger partial charge in [-0.25, -0.2) is 27.5 Å². The molecule has 9 nitrogen and oxygen atoms in total. The SMILES string of the molecule is C/C=C(\F)C(=O)N[C@H](c1cn2ncc([C@@H](COC)N3C[C@@H](C(F)(F)F)NC3=O)cc2n1)C1CCC(F)(F)CC1. The van der Waals surface area contributed by atoms with Crippen molar-refractivity contribution in [2.45, 2.75) is 62.8 Å². The molecule has 0 spiro atoms. The minimum atomic E-state index is -4.63. The molecule has 2 aromatic heterocycles. The predicted molar refractivity (Wildman–Crippen MR) is 125 cm³/mol. The molecule has 0 bridgehead atoms. The van der Waals surface area contributed by atoms with Crippen LogP contribution in [-0.4, -0.2) is 69.8 Å². The third-order valence-electron chi connectivity index (χ3n) is 7.09. The molecule has 3 amide bonds. The molecule has 0 unspecified atom stereocenters. The highest BCUT2D eigenvalue weighted by Gasteiger charge is 2.48. The van der Waals surface area contributed by atoms with E-state index in [4.69, 9.17) is 4.74 Å². The first kappa shape index (κ1) is 28.6. The summed E-state index contributed by atoms with van der Waals surface area (Å²) in [6.45, 7) is 0.592. The van der Waals surface area contributed by atoms with E-state index in [2.05, 4.69) is 15.4 Å². The Kier molecular flexibility index (Phi) is 8.09. The fraction of sp³-hybridized carbons (Fsp3) is 0.583. The number of alkyl halides is 5. The first-order valence-corrected chi connectivity index (χ1v) is 12.3. The minimum Gasteiger partial charge on any atom is -0.382 e. The summed E-state index contributed by atoms with van der Waals surface area (Å²) in [5, 5.41) is 8.72. The average molecular weight is 563 g/mol. The average Bonchev–Trinajstić information content (AvgIpc) is 3.48. The van der Waals surface area contributed by atoms with Gasteiger partial charge in [0.05, 0.1) is 43.3 Å². The third-order valence-corrected chi connectivity index (χ3v) is 7.09. The van der Waals surface area contributed by atoms with E-state index in [1.54, 1.807) is 0 Å². The number of methoxy groups -OCH3 is 1. The highest BCUT2D eigenvalue weighted by atomic mass is 19.4. The van der Waals surface area contributed by atoms with Crippen LogP contribution in [0, 0.1) is 5.92 Å². The zero-order chi connectivity index (χ0) is 28.5. The van der Waals surface area contributed by atoms with E-state index >= 15 is 0 Å². The summed E-state index contributed by atoms with van der Waals surface area (Å²) >= 11 is 0. The van der Waals surface area contributed by atoms with Crippen LogP contribution in [0.25, 0.3) is 5.65 Å². The molecule has 15 heteroatoms. The molecule has 2 aromatic rings. The summed E-state index contributed by atoms with van der Waals surface area (Å²) in [7, 11) is 1.34. The van der Waals surface area contributed by atoms with Gasteiger partial charge in [-0.3, -0.25) is 4.79 Å². The molecule has 3 atom stereocenters. The number of aromatic nitrogens is 3. The molecule has 39 heavy (non-hydrogen) atoms. The second-order valence-corrected chi connectivity index (χ2v) is 9.71. The zero-order valence-corrected chi connectivity index (χ0v) is 21.1. The molecule has 2 N–H and O–H groups in total. The largest absolute Gasteiger partial charge is 0.410 e. The van der Waals surface area contributed by atoms with E-state index in [1.165, 1.54) is 37.0 Å². The van der Waals surface area contributed by atoms with Crippen LogP contribution in [0.15, 0.2) is 30.4 Å². The Morgan fingerprint density at radius 2 is 2.03 bits per heavy atom. The number of halogens is 6. The van der Waals surface area contributed by atoms with E-state index < -0.39 is 60.5 Å². The van der Waals surface area contributed by atoms with Gasteiger partial charge in [0.15, 0.2) is 11.5 Å². The molecule has 0 radical (unpaired) electrons. The highest BCUT2D eigenvalue weighted by Crippen LogP contribution is 2.41. The van der Waals surface area contributed by atoms with Crippen molar-refractivity contribution in [1.82, 2.24) is 30.1 Å². The van der Waals surface area contributed by atoms with Crippen molar-refractivity contribution < 1.29 is 40.7 Å². The number of hydrogen-bond acceptors (Lipinski definition) is 5. The van der Waals surface area contributed by atoms with Crippen molar-refractivity contribution in [2.24, 2.45) is 5.92 Å². The maximum Gasteiger partial charge on any atom is 0.410 e. The molecule has 214 valence electrons. The number of urea groups is 1. The van der Waals surface area contributed by atoms with Gasteiger partial charge in [0.2, 0.25) is 5.92 Å². The number of imidazole rings is 1.